The molecule has 1 aliphatic rings. The summed E-state index contributed by atoms with van der Waals surface area (Å²) >= 11 is 5.88. The number of hydrogen-bond donors (Lipinski definition) is 1. The van der Waals surface area contributed by atoms with Crippen molar-refractivity contribution >= 4 is 38.9 Å². The first-order valence-corrected chi connectivity index (χ1v) is 11.4. The third-order valence-electron chi connectivity index (χ3n) is 5.17. The Morgan fingerprint density at radius 1 is 1.03 bits per heavy atom. The van der Waals surface area contributed by atoms with Crippen molar-refractivity contribution in [3.63, 3.8) is 0 Å². The molecule has 1 heterocycles. The molecule has 0 aliphatic carbocycles. The number of aryl methyl sites for hydroxylation is 1. The Balaban J connectivity index is 1.62. The zero-order valence-corrected chi connectivity index (χ0v) is 18.2. The number of nitrogens with zero attached hydrogens (tertiary/aromatic N) is 1. The lowest BCUT2D eigenvalue weighted by molar-refractivity contribution is 0.102. The standard InChI is InChI=1S/C23H21ClN2O3S/c1-15-3-10-21(11-4-15)30(28,29)26-16(2)13-18-14-17(5-12-22(18)26)23(27)25-20-8-6-19(24)7-9-20/h3-12,14,16H,13H2,1-2H3,(H,25,27)/t16-/m1/s1. The van der Waals surface area contributed by atoms with Gasteiger partial charge >= 0.3 is 0 Å². The Hall–Kier alpha value is -2.83. The average molecular weight is 441 g/mol. The van der Waals surface area contributed by atoms with Crippen molar-refractivity contribution in [1.29, 1.82) is 0 Å². The van der Waals surface area contributed by atoms with Crippen LogP contribution in [0.25, 0.3) is 0 Å². The van der Waals surface area contributed by atoms with E-state index in [9.17, 15) is 13.2 Å². The van der Waals surface area contributed by atoms with Crippen LogP contribution in [0, 0.1) is 6.92 Å². The van der Waals surface area contributed by atoms with Gasteiger partial charge in [-0.2, -0.15) is 0 Å². The minimum absolute atomic E-state index is 0.235. The topological polar surface area (TPSA) is 66.5 Å². The van der Waals surface area contributed by atoms with Crippen molar-refractivity contribution in [3.8, 4) is 0 Å². The van der Waals surface area contributed by atoms with Gasteiger partial charge in [-0.1, -0.05) is 29.3 Å². The number of nitrogens with one attached hydrogen (secondary N) is 1. The third kappa shape index (κ3) is 3.80. The molecule has 1 N–H and O–H groups in total. The lowest BCUT2D eigenvalue weighted by atomic mass is 10.1. The molecule has 0 aromatic heterocycles. The highest BCUT2D eigenvalue weighted by molar-refractivity contribution is 7.92. The fourth-order valence-corrected chi connectivity index (χ4v) is 5.49. The number of amides is 1. The van der Waals surface area contributed by atoms with Crippen molar-refractivity contribution in [3.05, 3.63) is 88.4 Å². The lowest BCUT2D eigenvalue weighted by Crippen LogP contribution is -2.35. The van der Waals surface area contributed by atoms with Crippen molar-refractivity contribution in [1.82, 2.24) is 0 Å². The maximum absolute atomic E-state index is 13.2. The number of anilines is 2. The molecule has 0 fully saturated rings. The molecule has 30 heavy (non-hydrogen) atoms. The largest absolute Gasteiger partial charge is 0.322 e. The Kier molecular flexibility index (Phi) is 5.30. The molecule has 0 saturated carbocycles. The summed E-state index contributed by atoms with van der Waals surface area (Å²) in [5.74, 6) is -0.257. The van der Waals surface area contributed by atoms with E-state index >= 15 is 0 Å². The first-order chi connectivity index (χ1) is 14.3. The highest BCUT2D eigenvalue weighted by atomic mass is 35.5. The summed E-state index contributed by atoms with van der Waals surface area (Å²) in [4.78, 5) is 12.9. The van der Waals surface area contributed by atoms with Gasteiger partial charge < -0.3 is 5.32 Å². The molecule has 1 atom stereocenters. The molecule has 5 nitrogen and oxygen atoms in total. The van der Waals surface area contributed by atoms with Gasteiger partial charge in [0.2, 0.25) is 0 Å². The number of hydrogen-bond acceptors (Lipinski definition) is 3. The molecule has 0 radical (unpaired) electrons. The van der Waals surface area contributed by atoms with Crippen LogP contribution in [0.15, 0.2) is 71.6 Å². The van der Waals surface area contributed by atoms with Crippen molar-refractivity contribution < 1.29 is 13.2 Å². The molecule has 3 aromatic rings. The number of carbonyl (C=O) groups excluding carboxylic acids is 1. The van der Waals surface area contributed by atoms with E-state index in [1.807, 2.05) is 13.8 Å². The second kappa shape index (κ2) is 7.78. The van der Waals surface area contributed by atoms with Gasteiger partial charge in [-0.3, -0.25) is 9.10 Å². The molecule has 1 amide bonds. The van der Waals surface area contributed by atoms with Gasteiger partial charge in [0.1, 0.15) is 0 Å². The summed E-state index contributed by atoms with van der Waals surface area (Å²) < 4.78 is 27.9. The fourth-order valence-electron chi connectivity index (χ4n) is 3.67. The molecule has 0 saturated heterocycles. The summed E-state index contributed by atoms with van der Waals surface area (Å²) in [6.07, 6.45) is 0.544. The molecular weight excluding hydrogens is 420 g/mol. The van der Waals surface area contributed by atoms with Gasteiger partial charge in [0.15, 0.2) is 0 Å². The molecule has 3 aromatic carbocycles. The first-order valence-electron chi connectivity index (χ1n) is 9.56. The second-order valence-corrected chi connectivity index (χ2v) is 9.72. The molecule has 4 rings (SSSR count). The molecule has 7 heteroatoms. The molecular formula is C23H21ClN2O3S. The number of fused-ring (bicyclic) bond motifs is 1. The van der Waals surface area contributed by atoms with Crippen LogP contribution in [0.2, 0.25) is 5.02 Å². The van der Waals surface area contributed by atoms with Crippen LogP contribution in [0.4, 0.5) is 11.4 Å². The summed E-state index contributed by atoms with van der Waals surface area (Å²) in [5.41, 5.74) is 3.57. The normalized spacial score (nSPS) is 15.7. The van der Waals surface area contributed by atoms with Gasteiger partial charge in [0.05, 0.1) is 10.6 Å². The van der Waals surface area contributed by atoms with Gasteiger partial charge in [-0.05, 0) is 80.4 Å². The maximum atomic E-state index is 13.2. The molecule has 0 bridgehead atoms. The van der Waals surface area contributed by atoms with Gasteiger partial charge in [0.25, 0.3) is 15.9 Å². The quantitative estimate of drug-likeness (QED) is 0.618. The van der Waals surface area contributed by atoms with Crippen molar-refractivity contribution in [2.75, 3.05) is 9.62 Å². The summed E-state index contributed by atoms with van der Waals surface area (Å²) in [7, 11) is -3.68. The zero-order valence-electron chi connectivity index (χ0n) is 16.6. The van der Waals surface area contributed by atoms with Crippen LogP contribution in [0.5, 0.6) is 0 Å². The maximum Gasteiger partial charge on any atom is 0.264 e. The summed E-state index contributed by atoms with van der Waals surface area (Å²) in [6, 6.07) is 18.6. The van der Waals surface area contributed by atoms with Crippen LogP contribution < -0.4 is 9.62 Å². The monoisotopic (exact) mass is 440 g/mol. The lowest BCUT2D eigenvalue weighted by Gasteiger charge is -2.24. The number of rotatable bonds is 4. The van der Waals surface area contributed by atoms with E-state index in [1.54, 1.807) is 66.7 Å². The average Bonchev–Trinajstić information content (AvgIpc) is 3.05. The Labute approximate surface area is 181 Å². The molecule has 1 aliphatic heterocycles. The number of halogens is 1. The van der Waals surface area contributed by atoms with Crippen LogP contribution in [-0.4, -0.2) is 20.4 Å². The Morgan fingerprint density at radius 3 is 2.37 bits per heavy atom. The number of sulfonamides is 1. The minimum Gasteiger partial charge on any atom is -0.322 e. The van der Waals surface area contributed by atoms with Gasteiger partial charge in [-0.25, -0.2) is 8.42 Å². The predicted molar refractivity (Wildman–Crippen MR) is 120 cm³/mol. The van der Waals surface area contributed by atoms with Crippen molar-refractivity contribution in [2.24, 2.45) is 0 Å². The molecule has 0 spiro atoms. The third-order valence-corrected chi connectivity index (χ3v) is 7.37. The smallest absolute Gasteiger partial charge is 0.264 e. The zero-order chi connectivity index (χ0) is 21.5. The predicted octanol–water partition coefficient (Wildman–Crippen LogP) is 5.04. The second-order valence-electron chi connectivity index (χ2n) is 7.47. The highest BCUT2D eigenvalue weighted by Crippen LogP contribution is 2.37. The van der Waals surface area contributed by atoms with Crippen LogP contribution in [0.3, 0.4) is 0 Å². The van der Waals surface area contributed by atoms with Crippen LogP contribution in [-0.2, 0) is 16.4 Å². The summed E-state index contributed by atoms with van der Waals surface area (Å²) in [5, 5.41) is 3.42. The fraction of sp³-hybridized carbons (Fsp3) is 0.174. The number of benzene rings is 3. The highest BCUT2D eigenvalue weighted by Gasteiger charge is 2.36. The van der Waals surface area contributed by atoms with E-state index in [2.05, 4.69) is 5.32 Å². The van der Waals surface area contributed by atoms with Gasteiger partial charge in [-0.15, -0.1) is 0 Å². The van der Waals surface area contributed by atoms with E-state index in [0.717, 1.165) is 11.1 Å². The SMILES string of the molecule is Cc1ccc(S(=O)(=O)N2c3ccc(C(=O)Nc4ccc(Cl)cc4)cc3C[C@H]2C)cc1. The van der Waals surface area contributed by atoms with Gasteiger partial charge in [0, 0.05) is 22.3 Å². The van der Waals surface area contributed by atoms with E-state index in [0.29, 0.717) is 28.4 Å². The Bertz CT molecular complexity index is 1210. The minimum atomic E-state index is -3.68. The Morgan fingerprint density at radius 2 is 1.70 bits per heavy atom. The van der Waals surface area contributed by atoms with E-state index < -0.39 is 10.0 Å². The molecule has 154 valence electrons. The van der Waals surface area contributed by atoms with Crippen molar-refractivity contribution in [2.45, 2.75) is 31.2 Å². The van der Waals surface area contributed by atoms with E-state index in [-0.39, 0.29) is 16.8 Å². The van der Waals surface area contributed by atoms with E-state index in [4.69, 9.17) is 11.6 Å². The van der Waals surface area contributed by atoms with Crippen LogP contribution >= 0.6 is 11.6 Å². The number of carbonyl (C=O) groups is 1. The molecule has 0 unspecified atom stereocenters. The van der Waals surface area contributed by atoms with E-state index in [1.165, 1.54) is 4.31 Å². The first kappa shape index (κ1) is 20.4. The summed E-state index contributed by atoms with van der Waals surface area (Å²) in [6.45, 7) is 3.79. The van der Waals surface area contributed by atoms with Crippen LogP contribution in [0.1, 0.15) is 28.4 Å².